The standard InChI is InChI=1S/C17H19ClN2S/c18-17-10-19-8-6-15(17)12-20-9-7-14(11-20)13-21-16-4-2-1-3-5-16/h1-6,8,10,14H,7,9,11-13H2/t14-/m0/s1. The Labute approximate surface area is 135 Å². The zero-order valence-corrected chi connectivity index (χ0v) is 13.5. The maximum Gasteiger partial charge on any atom is 0.0634 e. The van der Waals surface area contributed by atoms with Gasteiger partial charge in [0.1, 0.15) is 0 Å². The van der Waals surface area contributed by atoms with Crippen molar-refractivity contribution in [1.82, 2.24) is 9.88 Å². The second-order valence-corrected chi connectivity index (χ2v) is 6.98. The zero-order valence-electron chi connectivity index (χ0n) is 11.9. The third-order valence-electron chi connectivity index (χ3n) is 3.85. The van der Waals surface area contributed by atoms with Gasteiger partial charge in [0.15, 0.2) is 0 Å². The van der Waals surface area contributed by atoms with Gasteiger partial charge in [-0.15, -0.1) is 11.8 Å². The molecule has 1 aliphatic heterocycles. The molecule has 2 aromatic rings. The van der Waals surface area contributed by atoms with Crippen LogP contribution in [0.5, 0.6) is 0 Å². The van der Waals surface area contributed by atoms with E-state index in [9.17, 15) is 0 Å². The van der Waals surface area contributed by atoms with E-state index in [4.69, 9.17) is 11.6 Å². The lowest BCUT2D eigenvalue weighted by molar-refractivity contribution is 0.321. The molecule has 4 heteroatoms. The van der Waals surface area contributed by atoms with Gasteiger partial charge in [0.2, 0.25) is 0 Å². The van der Waals surface area contributed by atoms with E-state index in [1.54, 1.807) is 6.20 Å². The van der Waals surface area contributed by atoms with Gasteiger partial charge in [0, 0.05) is 36.1 Å². The van der Waals surface area contributed by atoms with Crippen molar-refractivity contribution in [1.29, 1.82) is 0 Å². The molecule has 2 heterocycles. The number of hydrogen-bond donors (Lipinski definition) is 0. The molecule has 0 radical (unpaired) electrons. The number of rotatable bonds is 5. The maximum absolute atomic E-state index is 6.19. The second kappa shape index (κ2) is 7.30. The van der Waals surface area contributed by atoms with E-state index in [-0.39, 0.29) is 0 Å². The molecule has 21 heavy (non-hydrogen) atoms. The number of thioether (sulfide) groups is 1. The maximum atomic E-state index is 6.19. The first-order valence-electron chi connectivity index (χ1n) is 7.30. The van der Waals surface area contributed by atoms with E-state index in [0.29, 0.717) is 0 Å². The molecule has 0 amide bonds. The molecule has 0 N–H and O–H groups in total. The quantitative estimate of drug-likeness (QED) is 0.762. The van der Waals surface area contributed by atoms with E-state index in [0.717, 1.165) is 17.5 Å². The first-order chi connectivity index (χ1) is 10.3. The molecule has 110 valence electrons. The number of hydrogen-bond acceptors (Lipinski definition) is 3. The van der Waals surface area contributed by atoms with Gasteiger partial charge in [-0.1, -0.05) is 29.8 Å². The Balaban J connectivity index is 1.48. The summed E-state index contributed by atoms with van der Waals surface area (Å²) >= 11 is 8.15. The van der Waals surface area contributed by atoms with Gasteiger partial charge < -0.3 is 0 Å². The Morgan fingerprint density at radius 3 is 2.90 bits per heavy atom. The van der Waals surface area contributed by atoms with Crippen molar-refractivity contribution in [3.05, 3.63) is 59.4 Å². The lowest BCUT2D eigenvalue weighted by Gasteiger charge is -2.16. The van der Waals surface area contributed by atoms with E-state index in [1.807, 2.05) is 24.0 Å². The molecule has 1 aromatic heterocycles. The van der Waals surface area contributed by atoms with Crippen LogP contribution in [0.1, 0.15) is 12.0 Å². The number of halogens is 1. The third-order valence-corrected chi connectivity index (χ3v) is 5.43. The van der Waals surface area contributed by atoms with Gasteiger partial charge in [-0.3, -0.25) is 9.88 Å². The van der Waals surface area contributed by atoms with Crippen molar-refractivity contribution in [2.24, 2.45) is 5.92 Å². The largest absolute Gasteiger partial charge is 0.299 e. The van der Waals surface area contributed by atoms with Gasteiger partial charge in [0.25, 0.3) is 0 Å². The van der Waals surface area contributed by atoms with Gasteiger partial charge in [-0.05, 0) is 42.6 Å². The highest BCUT2D eigenvalue weighted by Crippen LogP contribution is 2.27. The topological polar surface area (TPSA) is 16.1 Å². The fourth-order valence-electron chi connectivity index (χ4n) is 2.70. The lowest BCUT2D eigenvalue weighted by atomic mass is 10.2. The predicted octanol–water partition coefficient (Wildman–Crippen LogP) is 4.35. The monoisotopic (exact) mass is 318 g/mol. The normalized spacial score (nSPS) is 19.0. The molecule has 1 saturated heterocycles. The summed E-state index contributed by atoms with van der Waals surface area (Å²) in [7, 11) is 0. The Morgan fingerprint density at radius 2 is 2.10 bits per heavy atom. The number of nitrogens with zero attached hydrogens (tertiary/aromatic N) is 2. The van der Waals surface area contributed by atoms with Gasteiger partial charge >= 0.3 is 0 Å². The van der Waals surface area contributed by atoms with E-state index in [2.05, 4.69) is 40.2 Å². The van der Waals surface area contributed by atoms with Crippen LogP contribution in [0.4, 0.5) is 0 Å². The summed E-state index contributed by atoms with van der Waals surface area (Å²) < 4.78 is 0. The van der Waals surface area contributed by atoms with Crippen molar-refractivity contribution in [2.75, 3.05) is 18.8 Å². The third kappa shape index (κ3) is 4.22. The molecule has 1 aliphatic rings. The summed E-state index contributed by atoms with van der Waals surface area (Å²) in [6.07, 6.45) is 4.83. The van der Waals surface area contributed by atoms with Gasteiger partial charge in [-0.25, -0.2) is 0 Å². The fraction of sp³-hybridized carbons (Fsp3) is 0.353. The molecule has 0 aliphatic carbocycles. The molecular formula is C17H19ClN2S. The Bertz CT molecular complexity index is 576. The number of likely N-dealkylation sites (tertiary alicyclic amines) is 1. The van der Waals surface area contributed by atoms with Crippen molar-refractivity contribution >= 4 is 23.4 Å². The summed E-state index contributed by atoms with van der Waals surface area (Å²) in [6, 6.07) is 12.7. The van der Waals surface area contributed by atoms with Crippen molar-refractivity contribution < 1.29 is 0 Å². The summed E-state index contributed by atoms with van der Waals surface area (Å²) in [4.78, 5) is 7.91. The van der Waals surface area contributed by atoms with Crippen molar-refractivity contribution in [3.63, 3.8) is 0 Å². The first kappa shape index (κ1) is 14.9. The molecule has 0 unspecified atom stereocenters. The van der Waals surface area contributed by atoms with Crippen LogP contribution in [-0.4, -0.2) is 28.7 Å². The van der Waals surface area contributed by atoms with Crippen LogP contribution in [-0.2, 0) is 6.54 Å². The number of pyridine rings is 1. The SMILES string of the molecule is Clc1cnccc1CN1CC[C@H](CSc2ccccc2)C1. The van der Waals surface area contributed by atoms with Crippen LogP contribution in [0.25, 0.3) is 0 Å². The van der Waals surface area contributed by atoms with E-state index >= 15 is 0 Å². The van der Waals surface area contributed by atoms with Gasteiger partial charge in [0.05, 0.1) is 5.02 Å². The minimum atomic E-state index is 0.774. The summed E-state index contributed by atoms with van der Waals surface area (Å²) in [5.74, 6) is 1.97. The van der Waals surface area contributed by atoms with Crippen LogP contribution in [0, 0.1) is 5.92 Å². The van der Waals surface area contributed by atoms with Crippen LogP contribution in [0.2, 0.25) is 5.02 Å². The summed E-state index contributed by atoms with van der Waals surface area (Å²) in [5.41, 5.74) is 1.18. The van der Waals surface area contributed by atoms with Gasteiger partial charge in [-0.2, -0.15) is 0 Å². The van der Waals surface area contributed by atoms with E-state index < -0.39 is 0 Å². The van der Waals surface area contributed by atoms with Crippen LogP contribution in [0.3, 0.4) is 0 Å². The smallest absolute Gasteiger partial charge is 0.0634 e. The molecular weight excluding hydrogens is 300 g/mol. The Kier molecular flexibility index (Phi) is 5.17. The molecule has 1 atom stereocenters. The molecule has 2 nitrogen and oxygen atoms in total. The van der Waals surface area contributed by atoms with Crippen molar-refractivity contribution in [3.8, 4) is 0 Å². The average Bonchev–Trinajstić information content (AvgIpc) is 2.96. The minimum Gasteiger partial charge on any atom is -0.299 e. The molecule has 1 fully saturated rings. The van der Waals surface area contributed by atoms with Crippen LogP contribution in [0.15, 0.2) is 53.7 Å². The average molecular weight is 319 g/mol. The highest BCUT2D eigenvalue weighted by atomic mass is 35.5. The fourth-order valence-corrected chi connectivity index (χ4v) is 3.93. The van der Waals surface area contributed by atoms with Crippen LogP contribution < -0.4 is 0 Å². The molecule has 1 aromatic carbocycles. The molecule has 3 rings (SSSR count). The molecule has 0 bridgehead atoms. The zero-order chi connectivity index (χ0) is 14.5. The Hall–Kier alpha value is -1.03. The Morgan fingerprint density at radius 1 is 1.24 bits per heavy atom. The minimum absolute atomic E-state index is 0.774. The predicted molar refractivity (Wildman–Crippen MR) is 89.8 cm³/mol. The number of benzene rings is 1. The summed E-state index contributed by atoms with van der Waals surface area (Å²) in [6.45, 7) is 3.27. The number of aromatic nitrogens is 1. The molecule has 0 saturated carbocycles. The molecule has 0 spiro atoms. The van der Waals surface area contributed by atoms with Crippen molar-refractivity contribution in [2.45, 2.75) is 17.9 Å². The highest BCUT2D eigenvalue weighted by Gasteiger charge is 2.22. The van der Waals surface area contributed by atoms with E-state index in [1.165, 1.54) is 35.7 Å². The van der Waals surface area contributed by atoms with Crippen LogP contribution >= 0.6 is 23.4 Å². The highest BCUT2D eigenvalue weighted by molar-refractivity contribution is 7.99. The summed E-state index contributed by atoms with van der Waals surface area (Å²) in [5, 5.41) is 0.777. The second-order valence-electron chi connectivity index (χ2n) is 5.48. The first-order valence-corrected chi connectivity index (χ1v) is 8.66. The lowest BCUT2D eigenvalue weighted by Crippen LogP contribution is -2.20.